The van der Waals surface area contributed by atoms with Gasteiger partial charge in [0.05, 0.1) is 25.2 Å². The fraction of sp³-hybridized carbons (Fsp3) is 0.667. The second kappa shape index (κ2) is 4.84. The molecule has 0 aliphatic carbocycles. The standard InChI is InChI=1S/C12H19NO2S/c1-10-3-4-11(16-10)5-13(2)6-12(7-14)8-15-9-12/h3-4,14H,5-9H2,1-2H3. The molecule has 0 atom stereocenters. The van der Waals surface area contributed by atoms with Crippen molar-refractivity contribution < 1.29 is 9.84 Å². The Morgan fingerprint density at radius 3 is 2.69 bits per heavy atom. The summed E-state index contributed by atoms with van der Waals surface area (Å²) in [7, 11) is 2.10. The predicted octanol–water partition coefficient (Wildman–Crippen LogP) is 1.50. The van der Waals surface area contributed by atoms with Crippen molar-refractivity contribution in [2.75, 3.05) is 33.4 Å². The summed E-state index contributed by atoms with van der Waals surface area (Å²) in [6, 6.07) is 4.33. The van der Waals surface area contributed by atoms with Crippen molar-refractivity contribution in [3.05, 3.63) is 21.9 Å². The van der Waals surface area contributed by atoms with Gasteiger partial charge in [-0.15, -0.1) is 11.3 Å². The molecule has 2 heterocycles. The van der Waals surface area contributed by atoms with E-state index >= 15 is 0 Å². The van der Waals surface area contributed by atoms with E-state index in [-0.39, 0.29) is 12.0 Å². The fourth-order valence-corrected chi connectivity index (χ4v) is 3.06. The van der Waals surface area contributed by atoms with Crippen LogP contribution in [0.5, 0.6) is 0 Å². The van der Waals surface area contributed by atoms with Crippen molar-refractivity contribution in [1.29, 1.82) is 0 Å². The van der Waals surface area contributed by atoms with E-state index in [1.807, 2.05) is 11.3 Å². The lowest BCUT2D eigenvalue weighted by molar-refractivity contribution is -0.146. The van der Waals surface area contributed by atoms with E-state index in [9.17, 15) is 5.11 Å². The van der Waals surface area contributed by atoms with Gasteiger partial charge in [0.1, 0.15) is 0 Å². The SMILES string of the molecule is Cc1ccc(CN(C)CC2(CO)COC2)s1. The van der Waals surface area contributed by atoms with Crippen molar-refractivity contribution >= 4 is 11.3 Å². The average molecular weight is 241 g/mol. The highest BCUT2D eigenvalue weighted by atomic mass is 32.1. The molecule has 0 saturated carbocycles. The van der Waals surface area contributed by atoms with Crippen LogP contribution >= 0.6 is 11.3 Å². The van der Waals surface area contributed by atoms with Crippen LogP contribution in [0.3, 0.4) is 0 Å². The number of aliphatic hydroxyl groups excluding tert-OH is 1. The predicted molar refractivity (Wildman–Crippen MR) is 65.7 cm³/mol. The Balaban J connectivity index is 1.86. The van der Waals surface area contributed by atoms with E-state index in [1.54, 1.807) is 0 Å². The third kappa shape index (κ3) is 2.63. The topological polar surface area (TPSA) is 32.7 Å². The molecule has 90 valence electrons. The third-order valence-electron chi connectivity index (χ3n) is 2.98. The molecular formula is C12H19NO2S. The molecule has 1 aromatic rings. The van der Waals surface area contributed by atoms with Gasteiger partial charge in [0.15, 0.2) is 0 Å². The zero-order chi connectivity index (χ0) is 11.6. The van der Waals surface area contributed by atoms with E-state index in [0.717, 1.165) is 13.1 Å². The number of ether oxygens (including phenoxy) is 1. The Hall–Kier alpha value is -0.420. The second-order valence-corrected chi connectivity index (χ2v) is 6.21. The van der Waals surface area contributed by atoms with Gasteiger partial charge in [0.25, 0.3) is 0 Å². The van der Waals surface area contributed by atoms with Crippen LogP contribution in [0.15, 0.2) is 12.1 Å². The van der Waals surface area contributed by atoms with Gasteiger partial charge in [0.2, 0.25) is 0 Å². The molecule has 1 aliphatic rings. The Bertz CT molecular complexity index is 341. The van der Waals surface area contributed by atoms with Crippen molar-refractivity contribution in [3.8, 4) is 0 Å². The Morgan fingerprint density at radius 2 is 2.25 bits per heavy atom. The summed E-state index contributed by atoms with van der Waals surface area (Å²) in [5.41, 5.74) is -0.0128. The van der Waals surface area contributed by atoms with Gasteiger partial charge in [-0.1, -0.05) is 0 Å². The molecule has 16 heavy (non-hydrogen) atoms. The molecule has 1 saturated heterocycles. The van der Waals surface area contributed by atoms with Gasteiger partial charge in [-0.3, -0.25) is 0 Å². The molecule has 0 unspecified atom stereocenters. The minimum Gasteiger partial charge on any atom is -0.396 e. The van der Waals surface area contributed by atoms with E-state index in [4.69, 9.17) is 4.74 Å². The van der Waals surface area contributed by atoms with Gasteiger partial charge in [-0.05, 0) is 26.1 Å². The maximum atomic E-state index is 9.35. The monoisotopic (exact) mass is 241 g/mol. The Morgan fingerprint density at radius 1 is 1.50 bits per heavy atom. The number of thiophene rings is 1. The lowest BCUT2D eigenvalue weighted by Gasteiger charge is -2.42. The van der Waals surface area contributed by atoms with E-state index < -0.39 is 0 Å². The molecular weight excluding hydrogens is 222 g/mol. The summed E-state index contributed by atoms with van der Waals surface area (Å²) >= 11 is 1.84. The molecule has 3 nitrogen and oxygen atoms in total. The number of hydrogen-bond donors (Lipinski definition) is 1. The molecule has 4 heteroatoms. The molecule has 1 aromatic heterocycles. The van der Waals surface area contributed by atoms with Crippen LogP contribution in [0.1, 0.15) is 9.75 Å². The van der Waals surface area contributed by atoms with Crippen molar-refractivity contribution in [2.45, 2.75) is 13.5 Å². The minimum absolute atomic E-state index is 0.0128. The van der Waals surface area contributed by atoms with Gasteiger partial charge in [0, 0.05) is 22.8 Å². The zero-order valence-electron chi connectivity index (χ0n) is 9.90. The first-order valence-corrected chi connectivity index (χ1v) is 6.38. The minimum atomic E-state index is -0.0128. The highest BCUT2D eigenvalue weighted by Crippen LogP contribution is 2.28. The van der Waals surface area contributed by atoms with Gasteiger partial charge < -0.3 is 14.7 Å². The molecule has 1 fully saturated rings. The number of aryl methyl sites for hydroxylation is 1. The quantitative estimate of drug-likeness (QED) is 0.848. The first-order chi connectivity index (χ1) is 7.63. The summed E-state index contributed by atoms with van der Waals surface area (Å²) in [6.07, 6.45) is 0. The van der Waals surface area contributed by atoms with Crippen LogP contribution in [0.2, 0.25) is 0 Å². The normalized spacial score (nSPS) is 18.8. The highest BCUT2D eigenvalue weighted by Gasteiger charge is 2.38. The van der Waals surface area contributed by atoms with Gasteiger partial charge in [-0.25, -0.2) is 0 Å². The number of aliphatic hydroxyl groups is 1. The molecule has 1 N–H and O–H groups in total. The maximum absolute atomic E-state index is 9.35. The number of rotatable bonds is 5. The zero-order valence-corrected chi connectivity index (χ0v) is 10.7. The highest BCUT2D eigenvalue weighted by molar-refractivity contribution is 7.11. The smallest absolute Gasteiger partial charge is 0.0579 e. The van der Waals surface area contributed by atoms with E-state index in [1.165, 1.54) is 9.75 Å². The first-order valence-electron chi connectivity index (χ1n) is 5.56. The lowest BCUT2D eigenvalue weighted by Crippen LogP contribution is -2.52. The van der Waals surface area contributed by atoms with Crippen molar-refractivity contribution in [1.82, 2.24) is 4.90 Å². The van der Waals surface area contributed by atoms with Gasteiger partial charge in [-0.2, -0.15) is 0 Å². The largest absolute Gasteiger partial charge is 0.396 e. The molecule has 0 aromatic carbocycles. The average Bonchev–Trinajstić information content (AvgIpc) is 2.57. The first kappa shape index (κ1) is 12.0. The molecule has 0 amide bonds. The summed E-state index contributed by atoms with van der Waals surface area (Å²) in [5, 5.41) is 9.35. The molecule has 0 bridgehead atoms. The van der Waals surface area contributed by atoms with Crippen LogP contribution < -0.4 is 0 Å². The van der Waals surface area contributed by atoms with Gasteiger partial charge >= 0.3 is 0 Å². The molecule has 0 radical (unpaired) electrons. The van der Waals surface area contributed by atoms with Crippen LogP contribution in [0, 0.1) is 12.3 Å². The van der Waals surface area contributed by atoms with Crippen LogP contribution in [0.25, 0.3) is 0 Å². The summed E-state index contributed by atoms with van der Waals surface area (Å²) in [4.78, 5) is 5.00. The summed E-state index contributed by atoms with van der Waals surface area (Å²) in [6.45, 7) is 5.60. The lowest BCUT2D eigenvalue weighted by atomic mass is 9.86. The number of nitrogens with zero attached hydrogens (tertiary/aromatic N) is 1. The molecule has 0 spiro atoms. The fourth-order valence-electron chi connectivity index (χ4n) is 2.09. The second-order valence-electron chi connectivity index (χ2n) is 4.84. The maximum Gasteiger partial charge on any atom is 0.0579 e. The third-order valence-corrected chi connectivity index (χ3v) is 3.96. The van der Waals surface area contributed by atoms with Crippen LogP contribution in [-0.2, 0) is 11.3 Å². The number of hydrogen-bond acceptors (Lipinski definition) is 4. The molecule has 2 rings (SSSR count). The Labute approximate surface area is 101 Å². The molecule has 1 aliphatic heterocycles. The van der Waals surface area contributed by atoms with Crippen LogP contribution in [0.4, 0.5) is 0 Å². The van der Waals surface area contributed by atoms with E-state index in [2.05, 4.69) is 31.0 Å². The van der Waals surface area contributed by atoms with Crippen molar-refractivity contribution in [2.24, 2.45) is 5.41 Å². The summed E-state index contributed by atoms with van der Waals surface area (Å²) in [5.74, 6) is 0. The van der Waals surface area contributed by atoms with Crippen LogP contribution in [-0.4, -0.2) is 43.4 Å². The van der Waals surface area contributed by atoms with E-state index in [0.29, 0.717) is 13.2 Å². The summed E-state index contributed by atoms with van der Waals surface area (Å²) < 4.78 is 5.20. The Kier molecular flexibility index (Phi) is 3.64. The van der Waals surface area contributed by atoms with Crippen molar-refractivity contribution in [3.63, 3.8) is 0 Å².